The van der Waals surface area contributed by atoms with Gasteiger partial charge in [-0.15, -0.1) is 0 Å². The summed E-state index contributed by atoms with van der Waals surface area (Å²) >= 11 is 0. The number of hydrogen-bond acceptors (Lipinski definition) is 9. The van der Waals surface area contributed by atoms with Crippen molar-refractivity contribution in [3.05, 3.63) is 34.4 Å². The van der Waals surface area contributed by atoms with Crippen LogP contribution in [-0.4, -0.2) is 74.6 Å². The Morgan fingerprint density at radius 3 is 2.45 bits per heavy atom. The van der Waals surface area contributed by atoms with Crippen LogP contribution in [0.3, 0.4) is 0 Å². The lowest BCUT2D eigenvalue weighted by Gasteiger charge is -2.65. The van der Waals surface area contributed by atoms with Crippen LogP contribution in [0, 0.1) is 34.0 Å². The highest BCUT2D eigenvalue weighted by molar-refractivity contribution is 5.97. The number of fused-ring (bicyclic) bond motifs is 4. The van der Waals surface area contributed by atoms with E-state index in [-0.39, 0.29) is 48.6 Å². The van der Waals surface area contributed by atoms with Gasteiger partial charge in [-0.3, -0.25) is 14.4 Å². The summed E-state index contributed by atoms with van der Waals surface area (Å²) in [7, 11) is 1.39. The number of carbonyl (C=O) groups is 4. The number of methoxy groups -OCH3 is 1. The molecule has 3 heterocycles. The first-order valence-electron chi connectivity index (χ1n) is 15.8. The largest absolute Gasteiger partial charge is 0.469 e. The van der Waals surface area contributed by atoms with Crippen molar-refractivity contribution in [2.75, 3.05) is 20.3 Å². The molecule has 0 bridgehead atoms. The van der Waals surface area contributed by atoms with Gasteiger partial charge in [0.15, 0.2) is 0 Å². The molecular formula is C34H45NO9. The molecule has 6 aliphatic rings. The number of esters is 3. The lowest BCUT2D eigenvalue weighted by molar-refractivity contribution is -0.251. The molecule has 0 spiro atoms. The second-order valence-electron chi connectivity index (χ2n) is 14.2. The zero-order valence-electron chi connectivity index (χ0n) is 27.0. The quantitative estimate of drug-likeness (QED) is 0.208. The molecule has 2 saturated heterocycles. The van der Waals surface area contributed by atoms with Crippen LogP contribution in [0.5, 0.6) is 0 Å². The molecule has 4 fully saturated rings. The Morgan fingerprint density at radius 2 is 1.84 bits per heavy atom. The number of ether oxygens (including phenoxy) is 5. The molecule has 2 saturated carbocycles. The molecule has 0 aromatic heterocycles. The van der Waals surface area contributed by atoms with E-state index in [1.807, 2.05) is 6.08 Å². The minimum Gasteiger partial charge on any atom is -0.469 e. The van der Waals surface area contributed by atoms with Crippen molar-refractivity contribution < 1.29 is 42.9 Å². The van der Waals surface area contributed by atoms with Crippen molar-refractivity contribution in [3.63, 3.8) is 0 Å². The number of carbonyl (C=O) groups excluding carboxylic acids is 4. The summed E-state index contributed by atoms with van der Waals surface area (Å²) in [4.78, 5) is 51.8. The maximum Gasteiger partial charge on any atom is 0.333 e. The second kappa shape index (κ2) is 10.5. The molecule has 44 heavy (non-hydrogen) atoms. The highest BCUT2D eigenvalue weighted by Crippen LogP contribution is 2.73. The second-order valence-corrected chi connectivity index (χ2v) is 14.2. The Kier molecular flexibility index (Phi) is 7.43. The van der Waals surface area contributed by atoms with E-state index in [4.69, 9.17) is 23.7 Å². The van der Waals surface area contributed by atoms with E-state index in [9.17, 15) is 19.2 Å². The third kappa shape index (κ3) is 4.12. The van der Waals surface area contributed by atoms with Gasteiger partial charge in [-0.2, -0.15) is 0 Å². The summed E-state index contributed by atoms with van der Waals surface area (Å²) in [6, 6.07) is 0. The molecule has 6 rings (SSSR count). The Morgan fingerprint density at radius 1 is 1.11 bits per heavy atom. The number of hydrogen-bond donors (Lipinski definition) is 1. The smallest absolute Gasteiger partial charge is 0.333 e. The Labute approximate surface area is 258 Å². The fourth-order valence-electron chi connectivity index (χ4n) is 10.3. The average Bonchev–Trinajstić information content (AvgIpc) is 3.71. The predicted molar refractivity (Wildman–Crippen MR) is 158 cm³/mol. The minimum absolute atomic E-state index is 0.0524. The van der Waals surface area contributed by atoms with Crippen LogP contribution < -0.4 is 5.32 Å². The van der Waals surface area contributed by atoms with Crippen LogP contribution in [0.1, 0.15) is 67.7 Å². The number of allylic oxidation sites excluding steroid dienone is 2. The van der Waals surface area contributed by atoms with Gasteiger partial charge in [0.2, 0.25) is 5.91 Å². The SMILES string of the molecule is C/C=C(\C)C(=O)O[C@H]1C[C@@H](OC(C)=O)[C@@]2(C)CO[C@H]3[C@H]4O[C@@H]5C[C@@H](C6=CCNC6=O)C(C)=C5[C@@]4(C)C(CC(=O)OC)[C@]1(C)[C@@H]32. The molecule has 0 radical (unpaired) electrons. The number of rotatable bonds is 6. The third-order valence-corrected chi connectivity index (χ3v) is 12.3. The van der Waals surface area contributed by atoms with Crippen LogP contribution >= 0.6 is 0 Å². The van der Waals surface area contributed by atoms with Crippen molar-refractivity contribution in [1.82, 2.24) is 5.32 Å². The molecule has 11 atom stereocenters. The normalized spacial score (nSPS) is 44.0. The summed E-state index contributed by atoms with van der Waals surface area (Å²) < 4.78 is 31.3. The summed E-state index contributed by atoms with van der Waals surface area (Å²) in [5.41, 5.74) is 1.34. The number of amides is 1. The van der Waals surface area contributed by atoms with Gasteiger partial charge in [0.1, 0.15) is 12.2 Å². The first kappa shape index (κ1) is 31.0. The summed E-state index contributed by atoms with van der Waals surface area (Å²) in [5.74, 6) is -1.99. The van der Waals surface area contributed by atoms with E-state index in [0.717, 1.165) is 16.7 Å². The van der Waals surface area contributed by atoms with Gasteiger partial charge in [-0.1, -0.05) is 38.5 Å². The van der Waals surface area contributed by atoms with E-state index >= 15 is 0 Å². The van der Waals surface area contributed by atoms with E-state index in [2.05, 4.69) is 33.0 Å². The van der Waals surface area contributed by atoms with Crippen molar-refractivity contribution >= 4 is 23.8 Å². The topological polar surface area (TPSA) is 126 Å². The molecule has 10 heteroatoms. The van der Waals surface area contributed by atoms with E-state index in [1.54, 1.807) is 19.9 Å². The average molecular weight is 612 g/mol. The lowest BCUT2D eigenvalue weighted by Crippen LogP contribution is -2.71. The van der Waals surface area contributed by atoms with E-state index in [0.29, 0.717) is 25.1 Å². The maximum absolute atomic E-state index is 13.4. The molecule has 1 unspecified atom stereocenters. The van der Waals surface area contributed by atoms with Crippen LogP contribution in [0.4, 0.5) is 0 Å². The molecule has 10 nitrogen and oxygen atoms in total. The molecule has 3 aliphatic carbocycles. The molecule has 1 amide bonds. The fourth-order valence-corrected chi connectivity index (χ4v) is 10.3. The Hall–Kier alpha value is -2.98. The fraction of sp³-hybridized carbons (Fsp3) is 0.706. The van der Waals surface area contributed by atoms with Gasteiger partial charge < -0.3 is 29.0 Å². The van der Waals surface area contributed by atoms with Crippen molar-refractivity contribution in [3.8, 4) is 0 Å². The molecule has 0 aromatic carbocycles. The lowest BCUT2D eigenvalue weighted by atomic mass is 9.40. The Balaban J connectivity index is 1.54. The van der Waals surface area contributed by atoms with Crippen molar-refractivity contribution in [1.29, 1.82) is 0 Å². The summed E-state index contributed by atoms with van der Waals surface area (Å²) in [6.45, 7) is 14.2. The minimum atomic E-state index is -0.788. The van der Waals surface area contributed by atoms with Crippen LogP contribution in [0.25, 0.3) is 0 Å². The molecular weight excluding hydrogens is 566 g/mol. The van der Waals surface area contributed by atoms with Crippen LogP contribution in [0.2, 0.25) is 0 Å². The van der Waals surface area contributed by atoms with Gasteiger partial charge >= 0.3 is 17.9 Å². The zero-order chi connectivity index (χ0) is 31.9. The highest BCUT2D eigenvalue weighted by Gasteiger charge is 2.78. The maximum atomic E-state index is 13.4. The van der Waals surface area contributed by atoms with Gasteiger partial charge in [0.05, 0.1) is 32.0 Å². The van der Waals surface area contributed by atoms with Crippen LogP contribution in [0.15, 0.2) is 34.4 Å². The third-order valence-electron chi connectivity index (χ3n) is 12.3. The zero-order valence-corrected chi connectivity index (χ0v) is 27.0. The van der Waals surface area contributed by atoms with E-state index in [1.165, 1.54) is 14.0 Å². The Bertz CT molecular complexity index is 1400. The highest BCUT2D eigenvalue weighted by atomic mass is 16.6. The van der Waals surface area contributed by atoms with Crippen molar-refractivity contribution in [2.45, 2.75) is 98.2 Å². The molecule has 3 aliphatic heterocycles. The summed E-state index contributed by atoms with van der Waals surface area (Å²) in [6.07, 6.45) is 2.36. The van der Waals surface area contributed by atoms with Gasteiger partial charge in [0, 0.05) is 65.5 Å². The first-order chi connectivity index (χ1) is 20.7. The standard InChI is InChI=1S/C34H45NO9/c1-9-16(2)31(39)44-24-14-23(42-18(4)36)32(5)15-41-27-28(32)33(24,6)22(13-25(37)40-8)34(7)26-17(3)20(12-21(26)43-29(27)34)19-10-11-35-30(19)38/h9-10,20-24,27-29H,11-15H2,1-8H3,(H,35,38)/b16-9+/t20-,21-,22?,23-,24+,27-,28+,29-,32-,33+,34-/m1/s1. The van der Waals surface area contributed by atoms with Gasteiger partial charge in [-0.05, 0) is 38.7 Å². The van der Waals surface area contributed by atoms with Crippen molar-refractivity contribution in [2.24, 2.45) is 34.0 Å². The number of nitrogens with one attached hydrogen (secondary N) is 1. The van der Waals surface area contributed by atoms with Gasteiger partial charge in [0.25, 0.3) is 0 Å². The van der Waals surface area contributed by atoms with Gasteiger partial charge in [-0.25, -0.2) is 4.79 Å². The molecule has 1 N–H and O–H groups in total. The van der Waals surface area contributed by atoms with E-state index < -0.39 is 52.6 Å². The molecule has 0 aromatic rings. The first-order valence-corrected chi connectivity index (χ1v) is 15.8. The predicted octanol–water partition coefficient (Wildman–Crippen LogP) is 3.59. The molecule has 240 valence electrons. The summed E-state index contributed by atoms with van der Waals surface area (Å²) in [5, 5.41) is 2.90. The van der Waals surface area contributed by atoms with Crippen LogP contribution in [-0.2, 0) is 42.9 Å². The monoisotopic (exact) mass is 611 g/mol.